The van der Waals surface area contributed by atoms with E-state index in [1.165, 1.54) is 0 Å². The van der Waals surface area contributed by atoms with Crippen molar-refractivity contribution in [1.82, 2.24) is 0 Å². The van der Waals surface area contributed by atoms with E-state index in [0.717, 1.165) is 12.7 Å². The van der Waals surface area contributed by atoms with E-state index in [1.807, 2.05) is 6.92 Å². The first-order chi connectivity index (χ1) is 5.06. The van der Waals surface area contributed by atoms with Gasteiger partial charge in [-0.2, -0.15) is 0 Å². The van der Waals surface area contributed by atoms with Gasteiger partial charge in [0, 0.05) is 6.42 Å². The van der Waals surface area contributed by atoms with Gasteiger partial charge in [-0.1, -0.05) is 6.92 Å². The molecule has 0 aromatic heterocycles. The van der Waals surface area contributed by atoms with Crippen LogP contribution in [0.4, 0.5) is 0 Å². The Morgan fingerprint density at radius 3 is 1.64 bits per heavy atom. The fraction of sp³-hybridized carbons (Fsp3) is 0.500. The highest BCUT2D eigenvalue weighted by Gasteiger charge is 2.04. The molecule has 11 heavy (non-hydrogen) atoms. The second-order valence-corrected chi connectivity index (χ2v) is 1.57. The lowest BCUT2D eigenvalue weighted by atomic mass is 10.4. The number of aldehydes is 1. The van der Waals surface area contributed by atoms with Gasteiger partial charge in [-0.05, 0) is 6.42 Å². The Labute approximate surface area is 63.6 Å². The first-order valence-corrected chi connectivity index (χ1v) is 2.96. The highest BCUT2D eigenvalue weighted by molar-refractivity contribution is 6.27. The Kier molecular flexibility index (Phi) is 9.63. The molecule has 0 rings (SSSR count). The maximum Gasteiger partial charge on any atom is 0.414 e. The van der Waals surface area contributed by atoms with Gasteiger partial charge < -0.3 is 15.0 Å². The van der Waals surface area contributed by atoms with Crippen molar-refractivity contribution in [1.29, 1.82) is 0 Å². The molecule has 0 amide bonds. The number of unbranched alkanes of at least 4 members (excludes halogenated alkanes) is 1. The quantitative estimate of drug-likeness (QED) is 0.445. The van der Waals surface area contributed by atoms with E-state index in [4.69, 9.17) is 19.8 Å². The van der Waals surface area contributed by atoms with Crippen molar-refractivity contribution in [2.24, 2.45) is 0 Å². The minimum Gasteiger partial charge on any atom is -0.473 e. The second-order valence-electron chi connectivity index (χ2n) is 1.57. The molecule has 0 aliphatic carbocycles. The molecule has 0 aliphatic heterocycles. The predicted octanol–water partition coefficient (Wildman–Crippen LogP) is 0.141. The number of hydrogen-bond donors (Lipinski definition) is 2. The van der Waals surface area contributed by atoms with Crippen molar-refractivity contribution >= 4 is 18.2 Å². The Morgan fingerprint density at radius 2 is 1.64 bits per heavy atom. The van der Waals surface area contributed by atoms with Crippen LogP contribution in [-0.2, 0) is 14.4 Å². The third-order valence-corrected chi connectivity index (χ3v) is 0.589. The fourth-order valence-electron chi connectivity index (χ4n) is 0.118. The van der Waals surface area contributed by atoms with Crippen molar-refractivity contribution in [2.45, 2.75) is 19.8 Å². The molecule has 0 spiro atoms. The molecule has 0 fully saturated rings. The largest absolute Gasteiger partial charge is 0.473 e. The van der Waals surface area contributed by atoms with Crippen LogP contribution in [0.5, 0.6) is 0 Å². The minimum absolute atomic E-state index is 0.708. The zero-order valence-electron chi connectivity index (χ0n) is 6.11. The maximum atomic E-state index is 9.40. The Bertz CT molecular complexity index is 128. The zero-order valence-corrected chi connectivity index (χ0v) is 6.11. The fourth-order valence-corrected chi connectivity index (χ4v) is 0.118. The van der Waals surface area contributed by atoms with Crippen LogP contribution in [-0.4, -0.2) is 28.4 Å². The molecular weight excluding hydrogens is 152 g/mol. The van der Waals surface area contributed by atoms with Crippen molar-refractivity contribution < 1.29 is 24.6 Å². The lowest BCUT2D eigenvalue weighted by molar-refractivity contribution is -0.159. The molecule has 0 radical (unpaired) electrons. The first-order valence-electron chi connectivity index (χ1n) is 2.96. The van der Waals surface area contributed by atoms with Gasteiger partial charge in [0.2, 0.25) is 0 Å². The van der Waals surface area contributed by atoms with Gasteiger partial charge >= 0.3 is 11.9 Å². The molecule has 5 heteroatoms. The van der Waals surface area contributed by atoms with Crippen LogP contribution in [0.1, 0.15) is 19.8 Å². The highest BCUT2D eigenvalue weighted by Crippen LogP contribution is 1.74. The molecule has 0 bridgehead atoms. The van der Waals surface area contributed by atoms with Gasteiger partial charge in [0.15, 0.2) is 0 Å². The van der Waals surface area contributed by atoms with E-state index in [9.17, 15) is 4.79 Å². The molecule has 0 atom stereocenters. The lowest BCUT2D eigenvalue weighted by Gasteiger charge is -1.72. The van der Waals surface area contributed by atoms with Crippen LogP contribution in [0.2, 0.25) is 0 Å². The Balaban J connectivity index is 0. The molecule has 0 heterocycles. The van der Waals surface area contributed by atoms with Crippen molar-refractivity contribution in [3.8, 4) is 0 Å². The number of carbonyl (C=O) groups is 3. The monoisotopic (exact) mass is 162 g/mol. The molecule has 0 saturated carbocycles. The van der Waals surface area contributed by atoms with Crippen LogP contribution >= 0.6 is 0 Å². The van der Waals surface area contributed by atoms with Gasteiger partial charge in [0.1, 0.15) is 6.29 Å². The third-order valence-electron chi connectivity index (χ3n) is 0.589. The van der Waals surface area contributed by atoms with Crippen LogP contribution in [0, 0.1) is 0 Å². The highest BCUT2D eigenvalue weighted by atomic mass is 16.4. The van der Waals surface area contributed by atoms with Crippen molar-refractivity contribution in [3.05, 3.63) is 0 Å². The van der Waals surface area contributed by atoms with Crippen LogP contribution < -0.4 is 0 Å². The maximum absolute atomic E-state index is 9.40. The Hall–Kier alpha value is -1.39. The summed E-state index contributed by atoms with van der Waals surface area (Å²) in [5.41, 5.74) is 0. The van der Waals surface area contributed by atoms with Gasteiger partial charge in [-0.15, -0.1) is 0 Å². The molecule has 0 unspecified atom stereocenters. The predicted molar refractivity (Wildman–Crippen MR) is 36.2 cm³/mol. The number of carbonyl (C=O) groups excluding carboxylic acids is 1. The SMILES string of the molecule is CCCC=O.O=C(O)C(=O)O. The normalized spacial score (nSPS) is 7.36. The third kappa shape index (κ3) is 17.7. The summed E-state index contributed by atoms with van der Waals surface area (Å²) in [6.45, 7) is 1.98. The summed E-state index contributed by atoms with van der Waals surface area (Å²) in [6.07, 6.45) is 2.61. The number of hydrogen-bond acceptors (Lipinski definition) is 3. The average molecular weight is 162 g/mol. The smallest absolute Gasteiger partial charge is 0.414 e. The molecule has 2 N–H and O–H groups in total. The molecule has 5 nitrogen and oxygen atoms in total. The number of carboxylic acid groups (broad SMARTS) is 2. The molecule has 0 aromatic rings. The summed E-state index contributed by atoms with van der Waals surface area (Å²) in [7, 11) is 0. The van der Waals surface area contributed by atoms with Gasteiger partial charge in [-0.25, -0.2) is 9.59 Å². The average Bonchev–Trinajstić information content (AvgIpc) is 1.90. The summed E-state index contributed by atoms with van der Waals surface area (Å²) in [5, 5.41) is 14.8. The Morgan fingerprint density at radius 1 is 1.27 bits per heavy atom. The van der Waals surface area contributed by atoms with Gasteiger partial charge in [-0.3, -0.25) is 0 Å². The van der Waals surface area contributed by atoms with Crippen molar-refractivity contribution in [3.63, 3.8) is 0 Å². The summed E-state index contributed by atoms with van der Waals surface area (Å²) in [6, 6.07) is 0. The molecule has 0 saturated heterocycles. The molecule has 64 valence electrons. The van der Waals surface area contributed by atoms with Crippen LogP contribution in [0.3, 0.4) is 0 Å². The van der Waals surface area contributed by atoms with E-state index in [1.54, 1.807) is 0 Å². The summed E-state index contributed by atoms with van der Waals surface area (Å²) >= 11 is 0. The van der Waals surface area contributed by atoms with Gasteiger partial charge in [0.05, 0.1) is 0 Å². The van der Waals surface area contributed by atoms with E-state index in [0.29, 0.717) is 6.42 Å². The van der Waals surface area contributed by atoms with E-state index in [2.05, 4.69) is 0 Å². The summed E-state index contributed by atoms with van der Waals surface area (Å²) in [5.74, 6) is -3.65. The molecule has 0 aromatic carbocycles. The van der Waals surface area contributed by atoms with Crippen LogP contribution in [0.25, 0.3) is 0 Å². The second kappa shape index (κ2) is 8.61. The zero-order chi connectivity index (χ0) is 9.28. The van der Waals surface area contributed by atoms with E-state index in [-0.39, 0.29) is 0 Å². The lowest BCUT2D eigenvalue weighted by Crippen LogP contribution is -2.09. The summed E-state index contributed by atoms with van der Waals surface area (Å²) in [4.78, 5) is 27.6. The topological polar surface area (TPSA) is 91.7 Å². The first kappa shape index (κ1) is 12.3. The number of carboxylic acids is 2. The van der Waals surface area contributed by atoms with Crippen LogP contribution in [0.15, 0.2) is 0 Å². The molecular formula is C6H10O5. The van der Waals surface area contributed by atoms with Gasteiger partial charge in [0.25, 0.3) is 0 Å². The number of rotatable bonds is 2. The van der Waals surface area contributed by atoms with E-state index >= 15 is 0 Å². The van der Waals surface area contributed by atoms with Crippen molar-refractivity contribution in [2.75, 3.05) is 0 Å². The minimum atomic E-state index is -1.82. The molecule has 0 aliphatic rings. The van der Waals surface area contributed by atoms with E-state index < -0.39 is 11.9 Å². The standard InChI is InChI=1S/C4H8O.C2H2O4/c1-2-3-4-5;3-1(4)2(5)6/h4H,2-3H2,1H3;(H,3,4)(H,5,6). The summed E-state index contributed by atoms with van der Waals surface area (Å²) < 4.78 is 0. The number of aliphatic carboxylic acids is 2.